The SMILES string of the molecule is NC1=N[C@@](c2cc(CC(=O)c3ncc(Cl)cc3O)ccc2F)(C(F)F)COC1. The average Bonchev–Trinajstić information content (AvgIpc) is 2.62. The molecule has 0 saturated heterocycles. The zero-order valence-corrected chi connectivity index (χ0v) is 15.1. The third-order valence-electron chi connectivity index (χ3n) is 4.24. The number of carbonyl (C=O) groups is 1. The molecule has 0 unspecified atom stereocenters. The minimum Gasteiger partial charge on any atom is -0.505 e. The van der Waals surface area contributed by atoms with Gasteiger partial charge in [-0.1, -0.05) is 17.7 Å². The van der Waals surface area contributed by atoms with E-state index in [1.54, 1.807) is 0 Å². The number of halogens is 4. The summed E-state index contributed by atoms with van der Waals surface area (Å²) in [5.74, 6) is -2.11. The van der Waals surface area contributed by atoms with Crippen LogP contribution in [0.5, 0.6) is 5.75 Å². The highest BCUT2D eigenvalue weighted by Gasteiger charge is 2.46. The van der Waals surface area contributed by atoms with Gasteiger partial charge < -0.3 is 15.6 Å². The fraction of sp³-hybridized carbons (Fsp3) is 0.278. The third kappa shape index (κ3) is 3.81. The zero-order chi connectivity index (χ0) is 20.5. The Morgan fingerprint density at radius 2 is 2.14 bits per heavy atom. The van der Waals surface area contributed by atoms with Gasteiger partial charge in [-0.25, -0.2) is 18.2 Å². The van der Waals surface area contributed by atoms with Crippen molar-refractivity contribution in [1.29, 1.82) is 0 Å². The summed E-state index contributed by atoms with van der Waals surface area (Å²) in [4.78, 5) is 20.0. The summed E-state index contributed by atoms with van der Waals surface area (Å²) in [6.45, 7) is -0.686. The van der Waals surface area contributed by atoms with Crippen LogP contribution in [-0.4, -0.2) is 41.3 Å². The molecule has 3 N–H and O–H groups in total. The Hall–Kier alpha value is -2.65. The summed E-state index contributed by atoms with van der Waals surface area (Å²) in [7, 11) is 0. The van der Waals surface area contributed by atoms with Gasteiger partial charge in [0.1, 0.15) is 29.7 Å². The fourth-order valence-corrected chi connectivity index (χ4v) is 3.08. The Labute approximate surface area is 162 Å². The molecule has 0 radical (unpaired) electrons. The second-order valence-electron chi connectivity index (χ2n) is 6.26. The molecule has 1 aliphatic heterocycles. The first-order valence-electron chi connectivity index (χ1n) is 8.09. The minimum atomic E-state index is -3.09. The highest BCUT2D eigenvalue weighted by Crippen LogP contribution is 2.37. The number of ketones is 1. The number of pyridine rings is 1. The van der Waals surface area contributed by atoms with E-state index >= 15 is 0 Å². The van der Waals surface area contributed by atoms with E-state index in [2.05, 4.69) is 9.98 Å². The van der Waals surface area contributed by atoms with Crippen LogP contribution in [0.1, 0.15) is 21.6 Å². The van der Waals surface area contributed by atoms with Gasteiger partial charge in [-0.3, -0.25) is 9.79 Å². The largest absolute Gasteiger partial charge is 0.505 e. The van der Waals surface area contributed by atoms with Gasteiger partial charge in [0.2, 0.25) is 0 Å². The first-order valence-corrected chi connectivity index (χ1v) is 8.47. The number of carbonyl (C=O) groups excluding carboxylic acids is 1. The standard InChI is InChI=1S/C18H15ClF3N3O3/c19-10-5-14(27)16(24-6-10)13(26)4-9-1-2-12(20)11(3-9)18(17(21)22)8-28-7-15(23)25-18/h1-3,5-6,17,27H,4,7-8H2,(H2,23,25)/t18-/m0/s1. The van der Waals surface area contributed by atoms with Crippen molar-refractivity contribution in [3.05, 3.63) is 58.1 Å². The second kappa shape index (κ2) is 7.76. The first kappa shape index (κ1) is 20.1. The van der Waals surface area contributed by atoms with E-state index in [4.69, 9.17) is 22.1 Å². The molecule has 0 spiro atoms. The van der Waals surface area contributed by atoms with Gasteiger partial charge in [0.05, 0.1) is 11.6 Å². The Morgan fingerprint density at radius 1 is 1.39 bits per heavy atom. The van der Waals surface area contributed by atoms with E-state index in [-0.39, 0.29) is 35.1 Å². The minimum absolute atomic E-state index is 0.129. The number of aliphatic imine (C=N–C) groups is 1. The third-order valence-corrected chi connectivity index (χ3v) is 4.44. The Kier molecular flexibility index (Phi) is 5.57. The molecule has 28 heavy (non-hydrogen) atoms. The molecule has 0 fully saturated rings. The average molecular weight is 414 g/mol. The van der Waals surface area contributed by atoms with E-state index in [0.29, 0.717) is 0 Å². The molecule has 1 aromatic carbocycles. The van der Waals surface area contributed by atoms with Crippen LogP contribution in [0.2, 0.25) is 5.02 Å². The molecular formula is C18H15ClF3N3O3. The molecule has 1 atom stereocenters. The number of nitrogens with two attached hydrogens (primary N) is 1. The van der Waals surface area contributed by atoms with Gasteiger partial charge in [0.25, 0.3) is 6.43 Å². The number of aromatic hydroxyl groups is 1. The van der Waals surface area contributed by atoms with Gasteiger partial charge in [0.15, 0.2) is 11.3 Å². The predicted octanol–water partition coefficient (Wildman–Crippen LogP) is 2.85. The maximum atomic E-state index is 14.4. The summed E-state index contributed by atoms with van der Waals surface area (Å²) in [6, 6.07) is 4.52. The highest BCUT2D eigenvalue weighted by molar-refractivity contribution is 6.30. The lowest BCUT2D eigenvalue weighted by Crippen LogP contribution is -2.45. The summed E-state index contributed by atoms with van der Waals surface area (Å²) in [5, 5.41) is 9.95. The van der Waals surface area contributed by atoms with Crippen molar-refractivity contribution in [3.63, 3.8) is 0 Å². The summed E-state index contributed by atoms with van der Waals surface area (Å²) >= 11 is 5.68. The normalized spacial score (nSPS) is 19.5. The fourth-order valence-electron chi connectivity index (χ4n) is 2.93. The molecule has 148 valence electrons. The molecule has 0 aliphatic carbocycles. The maximum Gasteiger partial charge on any atom is 0.269 e. The number of aromatic nitrogens is 1. The van der Waals surface area contributed by atoms with Crippen LogP contribution in [0.4, 0.5) is 13.2 Å². The van der Waals surface area contributed by atoms with Gasteiger partial charge in [0, 0.05) is 24.2 Å². The predicted molar refractivity (Wildman–Crippen MR) is 95.5 cm³/mol. The molecule has 6 nitrogen and oxygen atoms in total. The smallest absolute Gasteiger partial charge is 0.269 e. The van der Waals surface area contributed by atoms with Crippen LogP contribution in [0.15, 0.2) is 35.5 Å². The Bertz CT molecular complexity index is 955. The number of rotatable bonds is 5. The second-order valence-corrected chi connectivity index (χ2v) is 6.69. The first-order chi connectivity index (χ1) is 13.2. The Balaban J connectivity index is 1.97. The lowest BCUT2D eigenvalue weighted by Gasteiger charge is -2.33. The van der Waals surface area contributed by atoms with Gasteiger partial charge in [-0.05, 0) is 17.7 Å². The van der Waals surface area contributed by atoms with Gasteiger partial charge in [-0.2, -0.15) is 0 Å². The molecule has 2 heterocycles. The van der Waals surface area contributed by atoms with E-state index < -0.39 is 41.5 Å². The molecule has 0 saturated carbocycles. The number of ether oxygens (including phenoxy) is 1. The molecule has 0 amide bonds. The molecule has 1 aliphatic rings. The van der Waals surface area contributed by atoms with E-state index in [9.17, 15) is 23.1 Å². The van der Waals surface area contributed by atoms with Gasteiger partial charge >= 0.3 is 0 Å². The molecule has 0 bridgehead atoms. The molecule has 1 aromatic heterocycles. The summed E-state index contributed by atoms with van der Waals surface area (Å²) < 4.78 is 47.1. The van der Waals surface area contributed by atoms with Crippen LogP contribution in [0, 0.1) is 5.82 Å². The van der Waals surface area contributed by atoms with Crippen molar-refractivity contribution < 1.29 is 27.8 Å². The van der Waals surface area contributed by atoms with Crippen molar-refractivity contribution in [3.8, 4) is 5.75 Å². The van der Waals surface area contributed by atoms with Crippen LogP contribution in [0.25, 0.3) is 0 Å². The summed E-state index contributed by atoms with van der Waals surface area (Å²) in [5.41, 5.74) is 2.80. The number of benzene rings is 1. The van der Waals surface area contributed by atoms with Crippen molar-refractivity contribution in [2.45, 2.75) is 18.4 Å². The van der Waals surface area contributed by atoms with Crippen molar-refractivity contribution in [2.75, 3.05) is 13.2 Å². The van der Waals surface area contributed by atoms with Crippen molar-refractivity contribution in [2.24, 2.45) is 10.7 Å². The lowest BCUT2D eigenvalue weighted by atomic mass is 9.88. The lowest BCUT2D eigenvalue weighted by molar-refractivity contribution is -0.0146. The van der Waals surface area contributed by atoms with E-state index in [0.717, 1.165) is 18.2 Å². The van der Waals surface area contributed by atoms with Crippen molar-refractivity contribution >= 4 is 23.2 Å². The molecule has 3 rings (SSSR count). The monoisotopic (exact) mass is 413 g/mol. The number of alkyl halides is 2. The van der Waals surface area contributed by atoms with Crippen LogP contribution >= 0.6 is 11.6 Å². The summed E-state index contributed by atoms with van der Waals surface area (Å²) in [6.07, 6.45) is -2.21. The van der Waals surface area contributed by atoms with E-state index in [1.165, 1.54) is 12.3 Å². The maximum absolute atomic E-state index is 14.4. The quantitative estimate of drug-likeness (QED) is 0.734. The molecular weight excluding hydrogens is 399 g/mol. The topological polar surface area (TPSA) is 97.8 Å². The Morgan fingerprint density at radius 3 is 2.79 bits per heavy atom. The van der Waals surface area contributed by atoms with Crippen LogP contribution < -0.4 is 5.73 Å². The molecule has 10 heteroatoms. The number of amidine groups is 1. The highest BCUT2D eigenvalue weighted by atomic mass is 35.5. The number of hydrogen-bond donors (Lipinski definition) is 2. The molecule has 2 aromatic rings. The number of Topliss-reactive ketones (excluding diaryl/α,β-unsaturated/α-hetero) is 1. The van der Waals surface area contributed by atoms with Crippen LogP contribution in [0.3, 0.4) is 0 Å². The van der Waals surface area contributed by atoms with Gasteiger partial charge in [-0.15, -0.1) is 0 Å². The number of nitrogens with zero attached hydrogens (tertiary/aromatic N) is 2. The number of hydrogen-bond acceptors (Lipinski definition) is 6. The van der Waals surface area contributed by atoms with Crippen LogP contribution in [-0.2, 0) is 16.7 Å². The van der Waals surface area contributed by atoms with Crippen molar-refractivity contribution in [1.82, 2.24) is 4.98 Å². The zero-order valence-electron chi connectivity index (χ0n) is 14.3. The van der Waals surface area contributed by atoms with E-state index in [1.807, 2.05) is 0 Å².